The van der Waals surface area contributed by atoms with E-state index in [9.17, 15) is 4.79 Å². The van der Waals surface area contributed by atoms with Crippen LogP contribution in [-0.2, 0) is 0 Å². The lowest BCUT2D eigenvalue weighted by Crippen LogP contribution is -2.33. The van der Waals surface area contributed by atoms with Crippen LogP contribution >= 0.6 is 15.9 Å². The van der Waals surface area contributed by atoms with Gasteiger partial charge in [-0.2, -0.15) is 0 Å². The largest absolute Gasteiger partial charge is 0.339 e. The third-order valence-electron chi connectivity index (χ3n) is 3.25. The van der Waals surface area contributed by atoms with Crippen molar-refractivity contribution in [1.82, 2.24) is 15.1 Å². The van der Waals surface area contributed by atoms with E-state index >= 15 is 0 Å². The second-order valence-corrected chi connectivity index (χ2v) is 6.15. The summed E-state index contributed by atoms with van der Waals surface area (Å²) >= 11 is 3.43. The fraction of sp³-hybridized carbons (Fsp3) is 0.353. The van der Waals surface area contributed by atoms with E-state index in [1.54, 1.807) is 12.1 Å². The van der Waals surface area contributed by atoms with Gasteiger partial charge in [0.05, 0.1) is 0 Å². The van der Waals surface area contributed by atoms with Crippen molar-refractivity contribution in [1.29, 1.82) is 0 Å². The summed E-state index contributed by atoms with van der Waals surface area (Å²) in [6.07, 6.45) is 1.86. The SMILES string of the molecule is CCCN(CCC)C(=O)c1ccc(Nc2cccc(Br)c2)nn1. The van der Waals surface area contributed by atoms with Crippen LogP contribution in [-0.4, -0.2) is 34.1 Å². The first kappa shape index (κ1) is 17.4. The molecule has 0 saturated heterocycles. The highest BCUT2D eigenvalue weighted by Gasteiger charge is 2.16. The van der Waals surface area contributed by atoms with Crippen LogP contribution in [0.2, 0.25) is 0 Å². The predicted octanol–water partition coefficient (Wildman–Crippen LogP) is 4.24. The van der Waals surface area contributed by atoms with Gasteiger partial charge in [-0.3, -0.25) is 4.79 Å². The van der Waals surface area contributed by atoms with Crippen molar-refractivity contribution in [3.8, 4) is 0 Å². The van der Waals surface area contributed by atoms with Crippen LogP contribution in [0.25, 0.3) is 0 Å². The van der Waals surface area contributed by atoms with E-state index in [0.717, 1.165) is 36.1 Å². The Balaban J connectivity index is 2.07. The Hall–Kier alpha value is -1.95. The van der Waals surface area contributed by atoms with E-state index < -0.39 is 0 Å². The third-order valence-corrected chi connectivity index (χ3v) is 3.75. The smallest absolute Gasteiger partial charge is 0.274 e. The Bertz CT molecular complexity index is 639. The van der Waals surface area contributed by atoms with E-state index in [4.69, 9.17) is 0 Å². The maximum Gasteiger partial charge on any atom is 0.274 e. The van der Waals surface area contributed by atoms with Gasteiger partial charge in [-0.25, -0.2) is 0 Å². The molecular formula is C17H21BrN4O. The highest BCUT2D eigenvalue weighted by atomic mass is 79.9. The van der Waals surface area contributed by atoms with Crippen LogP contribution in [0.3, 0.4) is 0 Å². The normalized spacial score (nSPS) is 10.4. The molecule has 0 atom stereocenters. The zero-order valence-electron chi connectivity index (χ0n) is 13.4. The Labute approximate surface area is 145 Å². The summed E-state index contributed by atoms with van der Waals surface area (Å²) in [5.41, 5.74) is 1.29. The number of benzene rings is 1. The molecule has 0 aliphatic carbocycles. The number of nitrogens with zero attached hydrogens (tertiary/aromatic N) is 3. The van der Waals surface area contributed by atoms with Crippen LogP contribution in [0.4, 0.5) is 11.5 Å². The number of anilines is 2. The Morgan fingerprint density at radius 2 is 1.87 bits per heavy atom. The van der Waals surface area contributed by atoms with Gasteiger partial charge in [0.25, 0.3) is 5.91 Å². The van der Waals surface area contributed by atoms with Gasteiger partial charge in [-0.05, 0) is 43.2 Å². The van der Waals surface area contributed by atoms with Crippen molar-refractivity contribution in [2.75, 3.05) is 18.4 Å². The topological polar surface area (TPSA) is 58.1 Å². The molecule has 2 rings (SSSR count). The van der Waals surface area contributed by atoms with Crippen molar-refractivity contribution >= 4 is 33.3 Å². The van der Waals surface area contributed by atoms with Crippen molar-refractivity contribution in [3.63, 3.8) is 0 Å². The van der Waals surface area contributed by atoms with Crippen molar-refractivity contribution in [3.05, 3.63) is 46.6 Å². The number of hydrogen-bond donors (Lipinski definition) is 1. The monoisotopic (exact) mass is 376 g/mol. The van der Waals surface area contributed by atoms with Crippen LogP contribution in [0.5, 0.6) is 0 Å². The quantitative estimate of drug-likeness (QED) is 0.784. The molecule has 1 aromatic carbocycles. The summed E-state index contributed by atoms with van der Waals surface area (Å²) in [5.74, 6) is 0.549. The molecule has 0 unspecified atom stereocenters. The molecule has 0 bridgehead atoms. The molecule has 0 spiro atoms. The predicted molar refractivity (Wildman–Crippen MR) is 95.9 cm³/mol. The van der Waals surface area contributed by atoms with Gasteiger partial charge < -0.3 is 10.2 Å². The summed E-state index contributed by atoms with van der Waals surface area (Å²) in [6, 6.07) is 11.3. The lowest BCUT2D eigenvalue weighted by atomic mass is 10.3. The van der Waals surface area contributed by atoms with Crippen LogP contribution in [0.15, 0.2) is 40.9 Å². The molecule has 0 aliphatic heterocycles. The number of aromatic nitrogens is 2. The minimum Gasteiger partial charge on any atom is -0.339 e. The first-order chi connectivity index (χ1) is 11.1. The molecule has 0 fully saturated rings. The molecule has 1 heterocycles. The van der Waals surface area contributed by atoms with E-state index in [1.165, 1.54) is 0 Å². The molecule has 0 saturated carbocycles. The summed E-state index contributed by atoms with van der Waals surface area (Å²) in [7, 11) is 0. The maximum atomic E-state index is 12.4. The highest BCUT2D eigenvalue weighted by Crippen LogP contribution is 2.19. The van der Waals surface area contributed by atoms with Gasteiger partial charge in [0.1, 0.15) is 0 Å². The van der Waals surface area contributed by atoms with Gasteiger partial charge in [-0.1, -0.05) is 35.8 Å². The minimum atomic E-state index is -0.0600. The van der Waals surface area contributed by atoms with Crippen LogP contribution in [0.1, 0.15) is 37.2 Å². The first-order valence-electron chi connectivity index (χ1n) is 7.79. The molecule has 122 valence electrons. The fourth-order valence-electron chi connectivity index (χ4n) is 2.24. The number of halogens is 1. The zero-order valence-corrected chi connectivity index (χ0v) is 15.0. The highest BCUT2D eigenvalue weighted by molar-refractivity contribution is 9.10. The van der Waals surface area contributed by atoms with E-state index in [-0.39, 0.29) is 5.91 Å². The zero-order chi connectivity index (χ0) is 16.7. The molecule has 1 N–H and O–H groups in total. The third kappa shape index (κ3) is 5.03. The fourth-order valence-corrected chi connectivity index (χ4v) is 2.64. The molecule has 2 aromatic rings. The molecular weight excluding hydrogens is 356 g/mol. The molecule has 1 aromatic heterocycles. The molecule has 6 heteroatoms. The average Bonchev–Trinajstić information content (AvgIpc) is 2.55. The van der Waals surface area contributed by atoms with Gasteiger partial charge in [0.15, 0.2) is 11.5 Å². The second kappa shape index (κ2) is 8.62. The summed E-state index contributed by atoms with van der Waals surface area (Å²) in [6.45, 7) is 5.61. The summed E-state index contributed by atoms with van der Waals surface area (Å²) in [4.78, 5) is 14.3. The van der Waals surface area contributed by atoms with Crippen LogP contribution < -0.4 is 5.32 Å². The maximum absolute atomic E-state index is 12.4. The molecule has 1 amide bonds. The van der Waals surface area contributed by atoms with Crippen LogP contribution in [0, 0.1) is 0 Å². The van der Waals surface area contributed by atoms with Crippen molar-refractivity contribution < 1.29 is 4.79 Å². The standard InChI is InChI=1S/C17H21BrN4O/c1-3-10-22(11-4-2)17(23)15-8-9-16(21-20-15)19-14-7-5-6-13(18)12-14/h5-9,12H,3-4,10-11H2,1-2H3,(H,19,21). The lowest BCUT2D eigenvalue weighted by molar-refractivity contribution is 0.0748. The van der Waals surface area contributed by atoms with Crippen molar-refractivity contribution in [2.45, 2.75) is 26.7 Å². The number of hydrogen-bond acceptors (Lipinski definition) is 4. The van der Waals surface area contributed by atoms with E-state index in [0.29, 0.717) is 11.5 Å². The molecule has 0 radical (unpaired) electrons. The number of nitrogens with one attached hydrogen (secondary N) is 1. The Morgan fingerprint density at radius 3 is 2.43 bits per heavy atom. The number of amides is 1. The van der Waals surface area contributed by atoms with Gasteiger partial charge >= 0.3 is 0 Å². The second-order valence-electron chi connectivity index (χ2n) is 5.23. The Kier molecular flexibility index (Phi) is 6.52. The van der Waals surface area contributed by atoms with Gasteiger partial charge in [0, 0.05) is 23.2 Å². The first-order valence-corrected chi connectivity index (χ1v) is 8.59. The average molecular weight is 377 g/mol. The van der Waals surface area contributed by atoms with Crippen molar-refractivity contribution in [2.24, 2.45) is 0 Å². The van der Waals surface area contributed by atoms with E-state index in [2.05, 4.69) is 45.3 Å². The lowest BCUT2D eigenvalue weighted by Gasteiger charge is -2.20. The Morgan fingerprint density at radius 1 is 1.13 bits per heavy atom. The summed E-state index contributed by atoms with van der Waals surface area (Å²) < 4.78 is 0.983. The molecule has 0 aliphatic rings. The number of carbonyl (C=O) groups excluding carboxylic acids is 1. The molecule has 5 nitrogen and oxygen atoms in total. The van der Waals surface area contributed by atoms with Gasteiger partial charge in [0.2, 0.25) is 0 Å². The molecule has 23 heavy (non-hydrogen) atoms. The van der Waals surface area contributed by atoms with E-state index in [1.807, 2.05) is 29.2 Å². The summed E-state index contributed by atoms with van der Waals surface area (Å²) in [5, 5.41) is 11.3. The number of carbonyl (C=O) groups is 1. The van der Waals surface area contributed by atoms with Gasteiger partial charge in [-0.15, -0.1) is 10.2 Å². The minimum absolute atomic E-state index is 0.0600. The number of rotatable bonds is 7.